The molecule has 1 atom stereocenters. The van der Waals surface area contributed by atoms with Gasteiger partial charge in [0.1, 0.15) is 0 Å². The molecule has 0 saturated carbocycles. The van der Waals surface area contributed by atoms with Crippen LogP contribution in [-0.4, -0.2) is 50.3 Å². The lowest BCUT2D eigenvalue weighted by atomic mass is 9.93. The van der Waals surface area contributed by atoms with Gasteiger partial charge in [-0.3, -0.25) is 0 Å². The quantitative estimate of drug-likeness (QED) is 0.772. The Morgan fingerprint density at radius 2 is 2.00 bits per heavy atom. The minimum atomic E-state index is 0.0888. The third kappa shape index (κ3) is 5.84. The highest BCUT2D eigenvalue weighted by Gasteiger charge is 2.31. The fraction of sp³-hybridized carbons (Fsp3) is 1.00. The van der Waals surface area contributed by atoms with Gasteiger partial charge < -0.3 is 15.0 Å². The van der Waals surface area contributed by atoms with Gasteiger partial charge in [-0.25, -0.2) is 0 Å². The highest BCUT2D eigenvalue weighted by Crippen LogP contribution is 2.28. The van der Waals surface area contributed by atoms with Crippen LogP contribution in [0.15, 0.2) is 0 Å². The monoisotopic (exact) mass is 242 g/mol. The molecule has 0 spiro atoms. The van der Waals surface area contributed by atoms with Gasteiger partial charge in [0.25, 0.3) is 0 Å². The van der Waals surface area contributed by atoms with Crippen molar-refractivity contribution < 1.29 is 4.74 Å². The number of nitrogens with one attached hydrogen (secondary N) is 1. The van der Waals surface area contributed by atoms with Crippen LogP contribution in [-0.2, 0) is 4.74 Å². The molecule has 0 bridgehead atoms. The molecular weight excluding hydrogens is 212 g/mol. The van der Waals surface area contributed by atoms with Crippen LogP contribution in [0.3, 0.4) is 0 Å². The Kier molecular flexibility index (Phi) is 4.99. The fourth-order valence-corrected chi connectivity index (χ4v) is 2.70. The van der Waals surface area contributed by atoms with Crippen molar-refractivity contribution in [1.29, 1.82) is 0 Å². The Bertz CT molecular complexity index is 236. The zero-order chi connectivity index (χ0) is 13.1. The number of hydrogen-bond donors (Lipinski definition) is 1. The van der Waals surface area contributed by atoms with Gasteiger partial charge >= 0.3 is 0 Å². The average Bonchev–Trinajstić information content (AvgIpc) is 2.42. The topological polar surface area (TPSA) is 24.5 Å². The highest BCUT2D eigenvalue weighted by molar-refractivity contribution is 4.83. The molecule has 0 aromatic carbocycles. The van der Waals surface area contributed by atoms with Crippen LogP contribution >= 0.6 is 0 Å². The van der Waals surface area contributed by atoms with Crippen LogP contribution in [0.25, 0.3) is 0 Å². The largest absolute Gasteiger partial charge is 0.371 e. The van der Waals surface area contributed by atoms with Crippen molar-refractivity contribution in [2.45, 2.75) is 52.2 Å². The molecule has 0 radical (unpaired) electrons. The molecule has 1 fully saturated rings. The summed E-state index contributed by atoms with van der Waals surface area (Å²) in [5, 5.41) is 3.56. The normalized spacial score (nSPS) is 24.5. The maximum Gasteiger partial charge on any atom is 0.0707 e. The molecule has 17 heavy (non-hydrogen) atoms. The molecule has 1 saturated heterocycles. The predicted molar refractivity (Wildman–Crippen MR) is 73.4 cm³/mol. The molecule has 3 nitrogen and oxygen atoms in total. The molecule has 1 rings (SSSR count). The average molecular weight is 242 g/mol. The lowest BCUT2D eigenvalue weighted by Crippen LogP contribution is -2.40. The van der Waals surface area contributed by atoms with E-state index in [-0.39, 0.29) is 5.60 Å². The van der Waals surface area contributed by atoms with E-state index in [9.17, 15) is 0 Å². The molecule has 0 aliphatic carbocycles. The van der Waals surface area contributed by atoms with Crippen molar-refractivity contribution in [2.24, 2.45) is 5.41 Å². The summed E-state index contributed by atoms with van der Waals surface area (Å²) in [5.41, 5.74) is 0.406. The third-order valence-corrected chi connectivity index (χ3v) is 3.27. The van der Waals surface area contributed by atoms with Gasteiger partial charge in [0.2, 0.25) is 0 Å². The molecule has 1 heterocycles. The van der Waals surface area contributed by atoms with E-state index >= 15 is 0 Å². The highest BCUT2D eigenvalue weighted by atomic mass is 16.5. The second-order valence-corrected chi connectivity index (χ2v) is 7.07. The second kappa shape index (κ2) is 5.68. The molecular formula is C14H30N2O. The number of nitrogens with zero attached hydrogens (tertiary/aromatic N) is 1. The maximum absolute atomic E-state index is 5.97. The van der Waals surface area contributed by atoms with Gasteiger partial charge in [0, 0.05) is 19.6 Å². The summed E-state index contributed by atoms with van der Waals surface area (Å²) in [6.07, 6.45) is 2.77. The smallest absolute Gasteiger partial charge is 0.0707 e. The SMILES string of the molecule is CN(C)CC(C)(C)CNCC1CCC(C)(C)O1. The van der Waals surface area contributed by atoms with E-state index in [0.717, 1.165) is 19.6 Å². The summed E-state index contributed by atoms with van der Waals surface area (Å²) in [5.74, 6) is 0. The van der Waals surface area contributed by atoms with E-state index in [1.165, 1.54) is 12.8 Å². The van der Waals surface area contributed by atoms with E-state index in [0.29, 0.717) is 11.5 Å². The first-order chi connectivity index (χ1) is 7.70. The lowest BCUT2D eigenvalue weighted by Gasteiger charge is -2.29. The van der Waals surface area contributed by atoms with Crippen molar-refractivity contribution in [2.75, 3.05) is 33.7 Å². The van der Waals surface area contributed by atoms with Crippen molar-refractivity contribution in [1.82, 2.24) is 10.2 Å². The minimum Gasteiger partial charge on any atom is -0.371 e. The van der Waals surface area contributed by atoms with Gasteiger partial charge in [0.05, 0.1) is 11.7 Å². The Labute approximate surface area is 107 Å². The zero-order valence-electron chi connectivity index (χ0n) is 12.5. The molecule has 0 aromatic heterocycles. The van der Waals surface area contributed by atoms with E-state index in [4.69, 9.17) is 4.74 Å². The van der Waals surface area contributed by atoms with Gasteiger partial charge in [-0.1, -0.05) is 13.8 Å². The van der Waals surface area contributed by atoms with E-state index in [2.05, 4.69) is 52.0 Å². The molecule has 1 N–H and O–H groups in total. The number of hydrogen-bond acceptors (Lipinski definition) is 3. The minimum absolute atomic E-state index is 0.0888. The summed E-state index contributed by atoms with van der Waals surface area (Å²) in [7, 11) is 4.26. The van der Waals surface area contributed by atoms with Crippen molar-refractivity contribution in [3.8, 4) is 0 Å². The van der Waals surface area contributed by atoms with Crippen LogP contribution < -0.4 is 5.32 Å². The van der Waals surface area contributed by atoms with E-state index in [1.807, 2.05) is 0 Å². The predicted octanol–water partition coefficient (Wildman–Crippen LogP) is 2.12. The maximum atomic E-state index is 5.97. The second-order valence-electron chi connectivity index (χ2n) is 7.07. The summed E-state index contributed by atoms with van der Waals surface area (Å²) in [6.45, 7) is 12.1. The first-order valence-corrected chi connectivity index (χ1v) is 6.73. The van der Waals surface area contributed by atoms with Crippen molar-refractivity contribution >= 4 is 0 Å². The van der Waals surface area contributed by atoms with Crippen LogP contribution in [0.4, 0.5) is 0 Å². The Hall–Kier alpha value is -0.120. The third-order valence-electron chi connectivity index (χ3n) is 3.27. The van der Waals surface area contributed by atoms with Crippen molar-refractivity contribution in [3.05, 3.63) is 0 Å². The summed E-state index contributed by atoms with van der Waals surface area (Å²) in [6, 6.07) is 0. The number of rotatable bonds is 6. The molecule has 102 valence electrons. The van der Waals surface area contributed by atoms with E-state index in [1.54, 1.807) is 0 Å². The molecule has 0 amide bonds. The molecule has 1 aliphatic rings. The summed E-state index contributed by atoms with van der Waals surface area (Å²) in [4.78, 5) is 2.25. The molecule has 1 aliphatic heterocycles. The van der Waals surface area contributed by atoms with Crippen LogP contribution in [0.5, 0.6) is 0 Å². The summed E-state index contributed by atoms with van der Waals surface area (Å²) >= 11 is 0. The van der Waals surface area contributed by atoms with Gasteiger partial charge in [-0.15, -0.1) is 0 Å². The van der Waals surface area contributed by atoms with E-state index < -0.39 is 0 Å². The molecule has 3 heteroatoms. The molecule has 0 aromatic rings. The van der Waals surface area contributed by atoms with Crippen LogP contribution in [0.2, 0.25) is 0 Å². The zero-order valence-corrected chi connectivity index (χ0v) is 12.5. The Balaban J connectivity index is 2.20. The Morgan fingerprint density at radius 1 is 1.35 bits per heavy atom. The first-order valence-electron chi connectivity index (χ1n) is 6.73. The fourth-order valence-electron chi connectivity index (χ4n) is 2.70. The summed E-state index contributed by atoms with van der Waals surface area (Å²) < 4.78 is 5.97. The molecule has 1 unspecified atom stereocenters. The van der Waals surface area contributed by atoms with Crippen molar-refractivity contribution in [3.63, 3.8) is 0 Å². The Morgan fingerprint density at radius 3 is 2.47 bits per heavy atom. The van der Waals surface area contributed by atoms with Gasteiger partial charge in [-0.2, -0.15) is 0 Å². The first kappa shape index (κ1) is 14.9. The van der Waals surface area contributed by atoms with Gasteiger partial charge in [0.15, 0.2) is 0 Å². The standard InChI is InChI=1S/C14H30N2O/c1-13(2,11-16(5)6)10-15-9-12-7-8-14(3,4)17-12/h12,15H,7-11H2,1-6H3. The van der Waals surface area contributed by atoms with Crippen LogP contribution in [0, 0.1) is 5.41 Å². The van der Waals surface area contributed by atoms with Gasteiger partial charge in [-0.05, 0) is 46.2 Å². The van der Waals surface area contributed by atoms with Crippen LogP contribution in [0.1, 0.15) is 40.5 Å². The number of ether oxygens (including phenoxy) is 1. The lowest BCUT2D eigenvalue weighted by molar-refractivity contribution is -0.0149.